The van der Waals surface area contributed by atoms with Crippen molar-refractivity contribution in [1.82, 2.24) is 9.88 Å². The van der Waals surface area contributed by atoms with Crippen LogP contribution in [0.25, 0.3) is 0 Å². The number of piperidine rings is 1. The number of benzene rings is 1. The minimum Gasteiger partial charge on any atom is -0.494 e. The zero-order valence-electron chi connectivity index (χ0n) is 16.1. The molecule has 2 heterocycles. The zero-order valence-corrected chi connectivity index (χ0v) is 17.7. The van der Waals surface area contributed by atoms with E-state index in [0.29, 0.717) is 43.9 Å². The number of hydrogen-bond acceptors (Lipinski definition) is 4. The molecule has 0 spiro atoms. The Morgan fingerprint density at radius 2 is 2.00 bits per heavy atom. The van der Waals surface area contributed by atoms with E-state index in [1.54, 1.807) is 18.3 Å². The van der Waals surface area contributed by atoms with Crippen LogP contribution in [0.5, 0.6) is 5.75 Å². The first-order chi connectivity index (χ1) is 13.5. The summed E-state index contributed by atoms with van der Waals surface area (Å²) < 4.78 is 6.40. The molecule has 0 aliphatic carbocycles. The fourth-order valence-electron chi connectivity index (χ4n) is 3.31. The minimum absolute atomic E-state index is 0.000386. The Kier molecular flexibility index (Phi) is 6.67. The van der Waals surface area contributed by atoms with Gasteiger partial charge in [0.15, 0.2) is 0 Å². The highest BCUT2D eigenvalue weighted by atomic mass is 79.9. The van der Waals surface area contributed by atoms with Gasteiger partial charge in [0.05, 0.1) is 6.61 Å². The number of carbonyl (C=O) groups excluding carboxylic acids is 2. The lowest BCUT2D eigenvalue weighted by molar-refractivity contribution is -0.121. The van der Waals surface area contributed by atoms with Gasteiger partial charge in [0.1, 0.15) is 11.6 Å². The van der Waals surface area contributed by atoms with Crippen LogP contribution in [0.3, 0.4) is 0 Å². The average Bonchev–Trinajstić information content (AvgIpc) is 2.71. The number of rotatable bonds is 5. The molecule has 1 aromatic carbocycles. The molecule has 1 N–H and O–H groups in total. The van der Waals surface area contributed by atoms with Gasteiger partial charge >= 0.3 is 0 Å². The first kappa shape index (κ1) is 20.3. The fourth-order valence-corrected chi connectivity index (χ4v) is 3.54. The number of amides is 2. The van der Waals surface area contributed by atoms with Crippen LogP contribution < -0.4 is 10.1 Å². The average molecular weight is 446 g/mol. The number of likely N-dealkylation sites (tertiary alicyclic amines) is 1. The Labute approximate surface area is 173 Å². The number of aryl methyl sites for hydroxylation is 1. The summed E-state index contributed by atoms with van der Waals surface area (Å²) >= 11 is 3.32. The van der Waals surface area contributed by atoms with Crippen LogP contribution in [-0.2, 0) is 4.79 Å². The van der Waals surface area contributed by atoms with Crippen molar-refractivity contribution >= 4 is 33.6 Å². The third-order valence-electron chi connectivity index (χ3n) is 4.85. The molecule has 0 saturated carbocycles. The molecule has 0 atom stereocenters. The number of nitrogens with zero attached hydrogens (tertiary/aromatic N) is 2. The number of carbonyl (C=O) groups is 2. The van der Waals surface area contributed by atoms with Crippen molar-refractivity contribution in [3.63, 3.8) is 0 Å². The third kappa shape index (κ3) is 4.90. The number of aromatic nitrogens is 1. The van der Waals surface area contributed by atoms with Crippen molar-refractivity contribution < 1.29 is 14.3 Å². The maximum Gasteiger partial charge on any atom is 0.253 e. The molecule has 1 aliphatic rings. The van der Waals surface area contributed by atoms with Gasteiger partial charge in [-0.05, 0) is 78.5 Å². The van der Waals surface area contributed by atoms with E-state index in [1.807, 2.05) is 36.9 Å². The summed E-state index contributed by atoms with van der Waals surface area (Å²) in [4.78, 5) is 31.2. The van der Waals surface area contributed by atoms with Gasteiger partial charge in [0.2, 0.25) is 5.91 Å². The van der Waals surface area contributed by atoms with Crippen LogP contribution in [-0.4, -0.2) is 41.4 Å². The second-order valence-electron chi connectivity index (χ2n) is 6.83. The summed E-state index contributed by atoms with van der Waals surface area (Å²) in [6.45, 7) is 5.60. The monoisotopic (exact) mass is 445 g/mol. The van der Waals surface area contributed by atoms with Crippen molar-refractivity contribution in [3.8, 4) is 5.75 Å². The molecule has 7 heteroatoms. The molecule has 1 saturated heterocycles. The summed E-state index contributed by atoms with van der Waals surface area (Å²) in [5, 5.41) is 2.85. The first-order valence-corrected chi connectivity index (χ1v) is 10.2. The fraction of sp³-hybridized carbons (Fsp3) is 0.381. The molecular formula is C21H24BrN3O3. The summed E-state index contributed by atoms with van der Waals surface area (Å²) in [5.41, 5.74) is 1.60. The van der Waals surface area contributed by atoms with E-state index in [2.05, 4.69) is 26.2 Å². The SMILES string of the molecule is CCOc1ccc(C(=O)N2CCC(C(=O)Nc3ccc(Br)cn3)CC2)cc1C. The van der Waals surface area contributed by atoms with Crippen molar-refractivity contribution in [2.75, 3.05) is 25.0 Å². The molecule has 2 amide bonds. The van der Waals surface area contributed by atoms with Crippen LogP contribution in [0.2, 0.25) is 0 Å². The molecule has 3 rings (SSSR count). The van der Waals surface area contributed by atoms with Crippen LogP contribution in [0, 0.1) is 12.8 Å². The standard InChI is InChI=1S/C21H24BrN3O3/c1-3-28-18-6-4-16(12-14(18)2)21(27)25-10-8-15(9-11-25)20(26)24-19-7-5-17(22)13-23-19/h4-7,12-13,15H,3,8-11H2,1-2H3,(H,23,24,26). The van der Waals surface area contributed by atoms with E-state index in [-0.39, 0.29) is 17.7 Å². The number of nitrogens with one attached hydrogen (secondary N) is 1. The van der Waals surface area contributed by atoms with Gasteiger partial charge in [-0.2, -0.15) is 0 Å². The first-order valence-electron chi connectivity index (χ1n) is 9.43. The highest BCUT2D eigenvalue weighted by Gasteiger charge is 2.28. The molecule has 1 aromatic heterocycles. The number of ether oxygens (including phenoxy) is 1. The Hall–Kier alpha value is -2.41. The second kappa shape index (κ2) is 9.19. The maximum absolute atomic E-state index is 12.8. The predicted octanol–water partition coefficient (Wildman–Crippen LogP) is 4.04. The molecule has 1 fully saturated rings. The zero-order chi connectivity index (χ0) is 20.1. The summed E-state index contributed by atoms with van der Waals surface area (Å²) in [6.07, 6.45) is 2.93. The van der Waals surface area contributed by atoms with Crippen LogP contribution >= 0.6 is 15.9 Å². The Morgan fingerprint density at radius 3 is 2.61 bits per heavy atom. The molecule has 148 valence electrons. The highest BCUT2D eigenvalue weighted by molar-refractivity contribution is 9.10. The molecule has 1 aliphatic heterocycles. The van der Waals surface area contributed by atoms with E-state index >= 15 is 0 Å². The minimum atomic E-state index is -0.114. The van der Waals surface area contributed by atoms with E-state index < -0.39 is 0 Å². The predicted molar refractivity (Wildman–Crippen MR) is 112 cm³/mol. The van der Waals surface area contributed by atoms with E-state index in [9.17, 15) is 9.59 Å². The second-order valence-corrected chi connectivity index (χ2v) is 7.75. The van der Waals surface area contributed by atoms with Gasteiger partial charge in [-0.25, -0.2) is 4.98 Å². The molecule has 0 radical (unpaired) electrons. The van der Waals surface area contributed by atoms with Crippen molar-refractivity contribution in [2.45, 2.75) is 26.7 Å². The van der Waals surface area contributed by atoms with Gasteiger partial charge in [-0.3, -0.25) is 9.59 Å². The molecular weight excluding hydrogens is 422 g/mol. The number of pyridine rings is 1. The van der Waals surface area contributed by atoms with Crippen LogP contribution in [0.15, 0.2) is 41.0 Å². The van der Waals surface area contributed by atoms with Gasteiger partial charge in [0.25, 0.3) is 5.91 Å². The topological polar surface area (TPSA) is 71.5 Å². The number of hydrogen-bond donors (Lipinski definition) is 1. The van der Waals surface area contributed by atoms with Gasteiger partial charge in [-0.1, -0.05) is 0 Å². The Balaban J connectivity index is 1.55. The highest BCUT2D eigenvalue weighted by Crippen LogP contribution is 2.24. The molecule has 2 aromatic rings. The molecule has 6 nitrogen and oxygen atoms in total. The van der Waals surface area contributed by atoms with E-state index in [1.165, 1.54) is 0 Å². The van der Waals surface area contributed by atoms with E-state index in [4.69, 9.17) is 4.74 Å². The number of halogens is 1. The number of anilines is 1. The van der Waals surface area contributed by atoms with Crippen molar-refractivity contribution in [1.29, 1.82) is 0 Å². The van der Waals surface area contributed by atoms with E-state index in [0.717, 1.165) is 15.8 Å². The summed E-state index contributed by atoms with van der Waals surface area (Å²) in [5.74, 6) is 1.18. The normalized spacial score (nSPS) is 14.6. The molecule has 28 heavy (non-hydrogen) atoms. The lowest BCUT2D eigenvalue weighted by Crippen LogP contribution is -2.41. The molecule has 0 bridgehead atoms. The third-order valence-corrected chi connectivity index (χ3v) is 5.32. The summed E-state index contributed by atoms with van der Waals surface area (Å²) in [6, 6.07) is 9.11. The van der Waals surface area contributed by atoms with Crippen LogP contribution in [0.1, 0.15) is 35.7 Å². The summed E-state index contributed by atoms with van der Waals surface area (Å²) in [7, 11) is 0. The lowest BCUT2D eigenvalue weighted by atomic mass is 9.95. The Morgan fingerprint density at radius 1 is 1.25 bits per heavy atom. The van der Waals surface area contributed by atoms with Crippen molar-refractivity contribution in [2.24, 2.45) is 5.92 Å². The smallest absolute Gasteiger partial charge is 0.253 e. The Bertz CT molecular complexity index is 846. The van der Waals surface area contributed by atoms with Gasteiger partial charge < -0.3 is 15.0 Å². The quantitative estimate of drug-likeness (QED) is 0.753. The largest absolute Gasteiger partial charge is 0.494 e. The lowest BCUT2D eigenvalue weighted by Gasteiger charge is -2.31. The van der Waals surface area contributed by atoms with Crippen LogP contribution in [0.4, 0.5) is 5.82 Å². The van der Waals surface area contributed by atoms with Gasteiger partial charge in [0, 0.05) is 35.2 Å². The molecule has 0 unspecified atom stereocenters. The van der Waals surface area contributed by atoms with Crippen molar-refractivity contribution in [3.05, 3.63) is 52.1 Å². The van der Waals surface area contributed by atoms with Gasteiger partial charge in [-0.15, -0.1) is 0 Å². The maximum atomic E-state index is 12.8.